The topological polar surface area (TPSA) is 54.8 Å². The van der Waals surface area contributed by atoms with Crippen molar-refractivity contribution in [2.75, 3.05) is 0 Å². The Morgan fingerprint density at radius 3 is 2.26 bits per heavy atom. The van der Waals surface area contributed by atoms with Gasteiger partial charge in [0.2, 0.25) is 5.56 Å². The number of aromatic hydroxyl groups is 1. The van der Waals surface area contributed by atoms with E-state index in [1.807, 2.05) is 0 Å². The quantitative estimate of drug-likeness (QED) is 0.234. The van der Waals surface area contributed by atoms with Gasteiger partial charge >= 0.3 is 17.6 Å². The van der Waals surface area contributed by atoms with Gasteiger partial charge in [0.25, 0.3) is 5.65 Å². The van der Waals surface area contributed by atoms with Crippen molar-refractivity contribution in [3.05, 3.63) is 123 Å². The van der Waals surface area contributed by atoms with E-state index in [0.717, 1.165) is 8.97 Å². The third kappa shape index (κ3) is 4.92. The average molecular weight is 558 g/mol. The Morgan fingerprint density at radius 1 is 0.895 bits per heavy atom. The predicted octanol–water partition coefficient (Wildman–Crippen LogP) is 7.13. The van der Waals surface area contributed by atoms with Crippen molar-refractivity contribution in [1.29, 1.82) is 0 Å². The van der Waals surface area contributed by atoms with Crippen LogP contribution in [0.25, 0.3) is 16.9 Å². The Morgan fingerprint density at radius 2 is 1.61 bits per heavy atom. The SMILES string of the molecule is O=c1c(C(F)(F)F)c(O)[n+](Cc2ccc(Oc3ccc(Cl)cc3Cl)cc2)c2cccc(-c3ccccc3)n12. The van der Waals surface area contributed by atoms with Crippen molar-refractivity contribution in [1.82, 2.24) is 4.40 Å². The monoisotopic (exact) mass is 557 g/mol. The van der Waals surface area contributed by atoms with E-state index in [1.54, 1.807) is 78.9 Å². The summed E-state index contributed by atoms with van der Waals surface area (Å²) in [5, 5.41) is 11.5. The predicted molar refractivity (Wildman–Crippen MR) is 138 cm³/mol. The zero-order valence-corrected chi connectivity index (χ0v) is 20.9. The summed E-state index contributed by atoms with van der Waals surface area (Å²) in [6.45, 7) is -0.154. The fourth-order valence-corrected chi connectivity index (χ4v) is 4.59. The van der Waals surface area contributed by atoms with Crippen molar-refractivity contribution in [3.8, 4) is 28.6 Å². The first-order valence-electron chi connectivity index (χ1n) is 11.3. The van der Waals surface area contributed by atoms with Crippen LogP contribution in [0.3, 0.4) is 0 Å². The van der Waals surface area contributed by atoms with Gasteiger partial charge in [0.15, 0.2) is 0 Å². The molecular formula is C28H18Cl2F3N2O3+. The lowest BCUT2D eigenvalue weighted by atomic mass is 10.1. The maximum Gasteiger partial charge on any atom is 0.431 e. The number of alkyl halides is 3. The lowest BCUT2D eigenvalue weighted by molar-refractivity contribution is -0.673. The van der Waals surface area contributed by atoms with Crippen LogP contribution in [0.4, 0.5) is 13.2 Å². The Balaban J connectivity index is 1.60. The Bertz CT molecular complexity index is 1700. The molecule has 5 nitrogen and oxygen atoms in total. The molecule has 192 valence electrons. The number of aromatic nitrogens is 2. The fourth-order valence-electron chi connectivity index (χ4n) is 4.14. The minimum Gasteiger partial charge on any atom is -0.477 e. The first-order valence-corrected chi connectivity index (χ1v) is 12.0. The number of rotatable bonds is 5. The third-order valence-electron chi connectivity index (χ3n) is 5.88. The highest BCUT2D eigenvalue weighted by Crippen LogP contribution is 2.33. The van der Waals surface area contributed by atoms with Gasteiger partial charge in [0.1, 0.15) is 23.7 Å². The van der Waals surface area contributed by atoms with Gasteiger partial charge in [-0.1, -0.05) is 65.7 Å². The first-order chi connectivity index (χ1) is 18.1. The van der Waals surface area contributed by atoms with Crippen LogP contribution in [-0.4, -0.2) is 9.51 Å². The summed E-state index contributed by atoms with van der Waals surface area (Å²) in [7, 11) is 0. The molecule has 0 aliphatic heterocycles. The molecule has 0 radical (unpaired) electrons. The second kappa shape index (κ2) is 10.0. The zero-order valence-electron chi connectivity index (χ0n) is 19.4. The minimum absolute atomic E-state index is 0.0927. The maximum atomic E-state index is 14.0. The normalized spacial score (nSPS) is 11.6. The summed E-state index contributed by atoms with van der Waals surface area (Å²) in [5.41, 5.74) is -1.54. The van der Waals surface area contributed by atoms with E-state index < -0.39 is 23.2 Å². The number of hydrogen-bond donors (Lipinski definition) is 1. The highest BCUT2D eigenvalue weighted by Gasteiger charge is 2.44. The summed E-state index contributed by atoms with van der Waals surface area (Å²) in [4.78, 5) is 13.1. The van der Waals surface area contributed by atoms with Gasteiger partial charge < -0.3 is 9.84 Å². The van der Waals surface area contributed by atoms with Crippen LogP contribution in [0.2, 0.25) is 10.0 Å². The van der Waals surface area contributed by atoms with E-state index in [2.05, 4.69) is 0 Å². The number of benzene rings is 3. The molecular weight excluding hydrogens is 540 g/mol. The summed E-state index contributed by atoms with van der Waals surface area (Å²) in [5.74, 6) is -0.350. The molecule has 2 aromatic heterocycles. The Labute approximate surface area is 224 Å². The molecule has 0 aliphatic carbocycles. The molecule has 5 aromatic rings. The second-order valence-electron chi connectivity index (χ2n) is 8.38. The Hall–Kier alpha value is -4.01. The molecule has 3 aromatic carbocycles. The van der Waals surface area contributed by atoms with Crippen LogP contribution in [-0.2, 0) is 12.7 Å². The van der Waals surface area contributed by atoms with Crippen molar-refractivity contribution < 1.29 is 27.6 Å². The average Bonchev–Trinajstić information content (AvgIpc) is 2.88. The van der Waals surface area contributed by atoms with Crippen molar-refractivity contribution in [2.45, 2.75) is 12.7 Å². The van der Waals surface area contributed by atoms with Gasteiger partial charge in [-0.05, 0) is 48.0 Å². The maximum absolute atomic E-state index is 14.0. The van der Waals surface area contributed by atoms with Gasteiger partial charge in [-0.25, -0.2) is 4.79 Å². The Kier molecular flexibility index (Phi) is 6.77. The molecule has 0 aliphatic rings. The van der Waals surface area contributed by atoms with E-state index in [4.69, 9.17) is 27.9 Å². The number of halogens is 5. The molecule has 1 N–H and O–H groups in total. The second-order valence-corrected chi connectivity index (χ2v) is 9.22. The molecule has 5 rings (SSSR count). The molecule has 38 heavy (non-hydrogen) atoms. The van der Waals surface area contributed by atoms with Crippen LogP contribution < -0.4 is 14.9 Å². The lowest BCUT2D eigenvalue weighted by Crippen LogP contribution is -2.44. The summed E-state index contributed by atoms with van der Waals surface area (Å²) >= 11 is 12.1. The van der Waals surface area contributed by atoms with Crippen LogP contribution in [0.5, 0.6) is 17.4 Å². The first kappa shape index (κ1) is 25.6. The van der Waals surface area contributed by atoms with E-state index >= 15 is 0 Å². The summed E-state index contributed by atoms with van der Waals surface area (Å²) < 4.78 is 49.8. The number of pyridine rings is 1. The molecule has 0 amide bonds. The van der Waals surface area contributed by atoms with Crippen molar-refractivity contribution in [2.24, 2.45) is 0 Å². The van der Waals surface area contributed by atoms with Crippen LogP contribution in [0, 0.1) is 0 Å². The molecule has 0 bridgehead atoms. The van der Waals surface area contributed by atoms with E-state index in [0.29, 0.717) is 32.7 Å². The number of fused-ring (bicyclic) bond motifs is 1. The standard InChI is InChI=1S/C28H17Cl2F3N2O3/c29-19-11-14-23(21(30)15-19)38-20-12-9-17(10-13-20)16-34-24-8-4-7-22(18-5-2-1-3-6-18)35(24)27(37)25(26(34)36)28(31,32)33/h1-15H,16H2/p+1. The summed E-state index contributed by atoms with van der Waals surface area (Å²) in [6.07, 6.45) is -5.08. The number of hydrogen-bond acceptors (Lipinski definition) is 3. The largest absolute Gasteiger partial charge is 0.477 e. The van der Waals surface area contributed by atoms with Crippen LogP contribution in [0.1, 0.15) is 11.1 Å². The molecule has 0 fully saturated rings. The van der Waals surface area contributed by atoms with Gasteiger partial charge in [0.05, 0.1) is 5.02 Å². The van der Waals surface area contributed by atoms with Crippen molar-refractivity contribution in [3.63, 3.8) is 0 Å². The minimum atomic E-state index is -5.08. The van der Waals surface area contributed by atoms with E-state index in [1.165, 1.54) is 12.1 Å². The smallest absolute Gasteiger partial charge is 0.431 e. The molecule has 0 saturated carbocycles. The molecule has 0 saturated heterocycles. The van der Waals surface area contributed by atoms with E-state index in [9.17, 15) is 23.1 Å². The van der Waals surface area contributed by atoms with Crippen LogP contribution >= 0.6 is 23.2 Å². The molecule has 0 atom stereocenters. The van der Waals surface area contributed by atoms with Gasteiger partial charge in [-0.2, -0.15) is 22.1 Å². The fraction of sp³-hybridized carbons (Fsp3) is 0.0714. The molecule has 2 heterocycles. The van der Waals surface area contributed by atoms with Crippen molar-refractivity contribution >= 4 is 28.8 Å². The third-order valence-corrected chi connectivity index (χ3v) is 6.41. The van der Waals surface area contributed by atoms with E-state index in [-0.39, 0.29) is 17.9 Å². The summed E-state index contributed by atoms with van der Waals surface area (Å²) in [6, 6.07) is 24.5. The zero-order chi connectivity index (χ0) is 27.0. The lowest BCUT2D eigenvalue weighted by Gasteiger charge is -2.14. The van der Waals surface area contributed by atoms with Gasteiger partial charge in [0, 0.05) is 16.7 Å². The van der Waals surface area contributed by atoms with Crippen LogP contribution in [0.15, 0.2) is 95.8 Å². The molecule has 10 heteroatoms. The highest BCUT2D eigenvalue weighted by atomic mass is 35.5. The molecule has 0 spiro atoms. The highest BCUT2D eigenvalue weighted by molar-refractivity contribution is 6.35. The van der Waals surface area contributed by atoms with Gasteiger partial charge in [-0.15, -0.1) is 0 Å². The number of nitrogens with zero attached hydrogens (tertiary/aromatic N) is 2. The molecule has 0 unspecified atom stereocenters. The number of ether oxygens (including phenoxy) is 1. The van der Waals surface area contributed by atoms with Gasteiger partial charge in [-0.3, -0.25) is 0 Å².